The fourth-order valence-corrected chi connectivity index (χ4v) is 2.79. The predicted octanol–water partition coefficient (Wildman–Crippen LogP) is 1.21. The molecule has 25 heavy (non-hydrogen) atoms. The standard InChI is InChI=1S/C18H21N3O4/c1-24-16-7-3-2-6-14(16)15-8-9-18(23)21(20-15)12-17(22)19-11-13-5-4-10-25-13/h2-3,6-9,13H,4-5,10-12H2,1H3,(H,19,22)/t13-/m1/s1. The highest BCUT2D eigenvalue weighted by Gasteiger charge is 2.17. The lowest BCUT2D eigenvalue weighted by Crippen LogP contribution is -2.37. The molecule has 1 saturated heterocycles. The molecule has 132 valence electrons. The highest BCUT2D eigenvalue weighted by atomic mass is 16.5. The van der Waals surface area contributed by atoms with Crippen LogP contribution in [0.1, 0.15) is 12.8 Å². The summed E-state index contributed by atoms with van der Waals surface area (Å²) < 4.78 is 12.0. The van der Waals surface area contributed by atoms with Gasteiger partial charge in [-0.2, -0.15) is 5.10 Å². The van der Waals surface area contributed by atoms with Crippen molar-refractivity contribution in [2.24, 2.45) is 0 Å². The van der Waals surface area contributed by atoms with E-state index in [1.807, 2.05) is 24.3 Å². The average molecular weight is 343 g/mol. The summed E-state index contributed by atoms with van der Waals surface area (Å²) in [4.78, 5) is 24.1. The highest BCUT2D eigenvalue weighted by Crippen LogP contribution is 2.27. The number of para-hydroxylation sites is 1. The Balaban J connectivity index is 1.73. The van der Waals surface area contributed by atoms with Gasteiger partial charge >= 0.3 is 0 Å². The van der Waals surface area contributed by atoms with Gasteiger partial charge < -0.3 is 14.8 Å². The first-order chi connectivity index (χ1) is 12.2. The van der Waals surface area contributed by atoms with E-state index in [4.69, 9.17) is 9.47 Å². The minimum absolute atomic E-state index is 0.0635. The molecule has 1 N–H and O–H groups in total. The lowest BCUT2D eigenvalue weighted by atomic mass is 10.1. The van der Waals surface area contributed by atoms with E-state index in [1.54, 1.807) is 13.2 Å². The van der Waals surface area contributed by atoms with E-state index in [1.165, 1.54) is 6.07 Å². The quantitative estimate of drug-likeness (QED) is 0.853. The van der Waals surface area contributed by atoms with Crippen LogP contribution in [0, 0.1) is 0 Å². The van der Waals surface area contributed by atoms with Gasteiger partial charge in [-0.3, -0.25) is 9.59 Å². The maximum atomic E-state index is 12.1. The Bertz CT molecular complexity index is 797. The number of nitrogens with one attached hydrogen (secondary N) is 1. The van der Waals surface area contributed by atoms with Crippen molar-refractivity contribution in [3.8, 4) is 17.0 Å². The number of amides is 1. The molecule has 1 atom stereocenters. The number of benzene rings is 1. The van der Waals surface area contributed by atoms with Crippen LogP contribution in [0.5, 0.6) is 5.75 Å². The van der Waals surface area contributed by atoms with Crippen LogP contribution < -0.4 is 15.6 Å². The maximum Gasteiger partial charge on any atom is 0.267 e. The Morgan fingerprint density at radius 2 is 2.20 bits per heavy atom. The predicted molar refractivity (Wildman–Crippen MR) is 92.5 cm³/mol. The first-order valence-electron chi connectivity index (χ1n) is 8.27. The molecular formula is C18H21N3O4. The molecule has 1 aromatic carbocycles. The molecule has 0 unspecified atom stereocenters. The minimum atomic E-state index is -0.328. The molecule has 1 fully saturated rings. The lowest BCUT2D eigenvalue weighted by Gasteiger charge is -2.12. The van der Waals surface area contributed by atoms with E-state index in [2.05, 4.69) is 10.4 Å². The SMILES string of the molecule is COc1ccccc1-c1ccc(=O)n(CC(=O)NC[C@H]2CCCO2)n1. The highest BCUT2D eigenvalue weighted by molar-refractivity contribution is 5.75. The van der Waals surface area contributed by atoms with Gasteiger partial charge in [0.25, 0.3) is 5.56 Å². The molecule has 0 radical (unpaired) electrons. The van der Waals surface area contributed by atoms with Gasteiger partial charge in [0.2, 0.25) is 5.91 Å². The molecule has 7 heteroatoms. The van der Waals surface area contributed by atoms with E-state index in [9.17, 15) is 9.59 Å². The number of rotatable bonds is 6. The van der Waals surface area contributed by atoms with Crippen LogP contribution in [0.15, 0.2) is 41.2 Å². The second kappa shape index (κ2) is 7.94. The number of hydrogen-bond acceptors (Lipinski definition) is 5. The summed E-state index contributed by atoms with van der Waals surface area (Å²) >= 11 is 0. The van der Waals surface area contributed by atoms with Crippen LogP contribution in [0.2, 0.25) is 0 Å². The van der Waals surface area contributed by atoms with Gasteiger partial charge in [-0.15, -0.1) is 0 Å². The normalized spacial score (nSPS) is 16.6. The summed E-state index contributed by atoms with van der Waals surface area (Å²) in [5.41, 5.74) is 1.01. The molecule has 7 nitrogen and oxygen atoms in total. The number of nitrogens with zero attached hydrogens (tertiary/aromatic N) is 2. The summed E-state index contributed by atoms with van der Waals surface area (Å²) in [6.07, 6.45) is 2.03. The van der Waals surface area contributed by atoms with Crippen molar-refractivity contribution in [1.29, 1.82) is 0 Å². The summed E-state index contributed by atoms with van der Waals surface area (Å²) in [6.45, 7) is 1.07. The molecule has 1 amide bonds. The van der Waals surface area contributed by atoms with Crippen LogP contribution in [0.3, 0.4) is 0 Å². The van der Waals surface area contributed by atoms with Crippen molar-refractivity contribution >= 4 is 5.91 Å². The monoisotopic (exact) mass is 343 g/mol. The molecule has 3 rings (SSSR count). The topological polar surface area (TPSA) is 82.5 Å². The van der Waals surface area contributed by atoms with E-state index in [0.717, 1.165) is 29.7 Å². The molecule has 0 saturated carbocycles. The van der Waals surface area contributed by atoms with Crippen LogP contribution in [-0.2, 0) is 16.1 Å². The number of ether oxygens (including phenoxy) is 2. The Hall–Kier alpha value is -2.67. The van der Waals surface area contributed by atoms with Crippen molar-refractivity contribution in [3.05, 3.63) is 46.8 Å². The summed E-state index contributed by atoms with van der Waals surface area (Å²) in [7, 11) is 1.58. The fraction of sp³-hybridized carbons (Fsp3) is 0.389. The molecule has 1 aromatic heterocycles. The third-order valence-corrected chi connectivity index (χ3v) is 4.09. The third kappa shape index (κ3) is 4.24. The molecule has 0 bridgehead atoms. The Kier molecular flexibility index (Phi) is 5.45. The van der Waals surface area contributed by atoms with Crippen molar-refractivity contribution < 1.29 is 14.3 Å². The van der Waals surface area contributed by atoms with Crippen molar-refractivity contribution in [2.75, 3.05) is 20.3 Å². The van der Waals surface area contributed by atoms with Gasteiger partial charge in [-0.05, 0) is 31.0 Å². The van der Waals surface area contributed by atoms with Crippen LogP contribution in [-0.4, -0.2) is 42.1 Å². The zero-order chi connectivity index (χ0) is 17.6. The first kappa shape index (κ1) is 17.2. The van der Waals surface area contributed by atoms with Crippen molar-refractivity contribution in [3.63, 3.8) is 0 Å². The van der Waals surface area contributed by atoms with Gasteiger partial charge in [0.1, 0.15) is 12.3 Å². The maximum absolute atomic E-state index is 12.1. The summed E-state index contributed by atoms with van der Waals surface area (Å²) in [6, 6.07) is 10.4. The van der Waals surface area contributed by atoms with E-state index in [-0.39, 0.29) is 24.1 Å². The van der Waals surface area contributed by atoms with Gasteiger partial charge in [-0.25, -0.2) is 4.68 Å². The Labute approximate surface area is 145 Å². The number of hydrogen-bond donors (Lipinski definition) is 1. The zero-order valence-electron chi connectivity index (χ0n) is 14.1. The number of methoxy groups -OCH3 is 1. The third-order valence-electron chi connectivity index (χ3n) is 4.09. The molecule has 1 aliphatic rings. The van der Waals surface area contributed by atoms with E-state index in [0.29, 0.717) is 18.0 Å². The second-order valence-electron chi connectivity index (χ2n) is 5.85. The van der Waals surface area contributed by atoms with Gasteiger partial charge in [0.05, 0.1) is 18.9 Å². The number of aromatic nitrogens is 2. The largest absolute Gasteiger partial charge is 0.496 e. The van der Waals surface area contributed by atoms with Crippen molar-refractivity contribution in [2.45, 2.75) is 25.5 Å². The molecule has 0 spiro atoms. The zero-order valence-corrected chi connectivity index (χ0v) is 14.1. The van der Waals surface area contributed by atoms with Crippen molar-refractivity contribution in [1.82, 2.24) is 15.1 Å². The summed E-state index contributed by atoms with van der Waals surface area (Å²) in [5.74, 6) is 0.394. The Morgan fingerprint density at radius 1 is 1.36 bits per heavy atom. The van der Waals surface area contributed by atoms with Crippen LogP contribution in [0.25, 0.3) is 11.3 Å². The second-order valence-corrected chi connectivity index (χ2v) is 5.85. The molecule has 2 heterocycles. The van der Waals surface area contributed by atoms with Gasteiger partial charge in [-0.1, -0.05) is 12.1 Å². The smallest absolute Gasteiger partial charge is 0.267 e. The molecule has 2 aromatic rings. The van der Waals surface area contributed by atoms with Gasteiger partial charge in [0.15, 0.2) is 0 Å². The molecular weight excluding hydrogens is 322 g/mol. The first-order valence-corrected chi connectivity index (χ1v) is 8.27. The van der Waals surface area contributed by atoms with Crippen LogP contribution >= 0.6 is 0 Å². The van der Waals surface area contributed by atoms with E-state index < -0.39 is 0 Å². The molecule has 1 aliphatic heterocycles. The molecule has 0 aliphatic carbocycles. The van der Waals surface area contributed by atoms with Crippen LogP contribution in [0.4, 0.5) is 0 Å². The summed E-state index contributed by atoms with van der Waals surface area (Å²) in [5, 5.41) is 7.10. The lowest BCUT2D eigenvalue weighted by molar-refractivity contribution is -0.122. The fourth-order valence-electron chi connectivity index (χ4n) is 2.79. The Morgan fingerprint density at radius 3 is 2.96 bits per heavy atom. The minimum Gasteiger partial charge on any atom is -0.496 e. The van der Waals surface area contributed by atoms with E-state index >= 15 is 0 Å². The average Bonchev–Trinajstić information content (AvgIpc) is 3.15. The van der Waals surface area contributed by atoms with Gasteiger partial charge in [0, 0.05) is 24.8 Å². The number of carbonyl (C=O) groups is 1. The number of carbonyl (C=O) groups excluding carboxylic acids is 1.